The van der Waals surface area contributed by atoms with Crippen molar-refractivity contribution in [3.8, 4) is 0 Å². The van der Waals surface area contributed by atoms with Gasteiger partial charge in [-0.1, -0.05) is 28.1 Å². The average molecular weight is 292 g/mol. The Morgan fingerprint density at radius 3 is 3.12 bits per heavy atom. The van der Waals surface area contributed by atoms with E-state index in [1.54, 1.807) is 6.20 Å². The van der Waals surface area contributed by atoms with Gasteiger partial charge >= 0.3 is 0 Å². The van der Waals surface area contributed by atoms with Crippen LogP contribution in [0.1, 0.15) is 5.56 Å². The summed E-state index contributed by atoms with van der Waals surface area (Å²) in [5, 5.41) is 3.32. The number of hydrogen-bond acceptors (Lipinski definition) is 2. The number of imidazole rings is 1. The lowest BCUT2D eigenvalue weighted by atomic mass is 10.2. The number of aromatic nitrogens is 2. The highest BCUT2D eigenvalue weighted by Gasteiger charge is 2.05. The Balaban J connectivity index is 2.28. The van der Waals surface area contributed by atoms with E-state index in [0.717, 1.165) is 22.7 Å². The Kier molecular flexibility index (Phi) is 3.64. The maximum atomic E-state index is 4.29. The van der Waals surface area contributed by atoms with Crippen LogP contribution in [-0.2, 0) is 6.54 Å². The van der Waals surface area contributed by atoms with E-state index >= 15 is 0 Å². The van der Waals surface area contributed by atoms with Crippen LogP contribution in [0.5, 0.6) is 0 Å². The topological polar surface area (TPSA) is 29.9 Å². The van der Waals surface area contributed by atoms with Gasteiger partial charge in [-0.15, -0.1) is 6.58 Å². The standard InChI is InChI=1S/C13H14BrN3/c1-3-8-17-9-7-15-13(17)16-12-6-4-5-11(14)10(12)2/h3-7,9H,1,8H2,2H3,(H,15,16). The van der Waals surface area contributed by atoms with Crippen LogP contribution in [0, 0.1) is 6.92 Å². The molecule has 0 amide bonds. The number of hydrogen-bond donors (Lipinski definition) is 1. The molecule has 0 atom stereocenters. The summed E-state index contributed by atoms with van der Waals surface area (Å²) in [6, 6.07) is 6.06. The van der Waals surface area contributed by atoms with Crippen LogP contribution in [0.2, 0.25) is 0 Å². The van der Waals surface area contributed by atoms with E-state index in [4.69, 9.17) is 0 Å². The summed E-state index contributed by atoms with van der Waals surface area (Å²) in [4.78, 5) is 4.29. The van der Waals surface area contributed by atoms with Crippen molar-refractivity contribution in [2.75, 3.05) is 5.32 Å². The molecule has 1 N–H and O–H groups in total. The van der Waals surface area contributed by atoms with Crippen molar-refractivity contribution in [2.24, 2.45) is 0 Å². The highest BCUT2D eigenvalue weighted by molar-refractivity contribution is 9.10. The lowest BCUT2D eigenvalue weighted by Gasteiger charge is -2.11. The van der Waals surface area contributed by atoms with E-state index in [9.17, 15) is 0 Å². The van der Waals surface area contributed by atoms with Crippen molar-refractivity contribution in [3.05, 3.63) is 53.3 Å². The van der Waals surface area contributed by atoms with E-state index < -0.39 is 0 Å². The van der Waals surface area contributed by atoms with Crippen LogP contribution < -0.4 is 5.32 Å². The summed E-state index contributed by atoms with van der Waals surface area (Å²) in [7, 11) is 0. The van der Waals surface area contributed by atoms with Crippen LogP contribution >= 0.6 is 15.9 Å². The maximum absolute atomic E-state index is 4.29. The first-order chi connectivity index (χ1) is 8.22. The van der Waals surface area contributed by atoms with Gasteiger partial charge in [0, 0.05) is 29.1 Å². The Labute approximate surface area is 109 Å². The summed E-state index contributed by atoms with van der Waals surface area (Å²) in [6.45, 7) is 6.54. The predicted molar refractivity (Wildman–Crippen MR) is 74.6 cm³/mol. The Hall–Kier alpha value is -1.55. The molecule has 1 aromatic carbocycles. The largest absolute Gasteiger partial charge is 0.325 e. The molecule has 17 heavy (non-hydrogen) atoms. The summed E-state index contributed by atoms with van der Waals surface area (Å²) < 4.78 is 3.09. The molecule has 2 rings (SSSR count). The molecule has 0 unspecified atom stereocenters. The summed E-state index contributed by atoms with van der Waals surface area (Å²) >= 11 is 3.52. The Morgan fingerprint density at radius 2 is 2.35 bits per heavy atom. The molecule has 0 saturated carbocycles. The molecule has 0 bridgehead atoms. The fraction of sp³-hybridized carbons (Fsp3) is 0.154. The number of anilines is 2. The zero-order valence-corrected chi connectivity index (χ0v) is 11.2. The zero-order valence-electron chi connectivity index (χ0n) is 9.65. The lowest BCUT2D eigenvalue weighted by Crippen LogP contribution is -2.03. The third kappa shape index (κ3) is 2.58. The molecular formula is C13H14BrN3. The van der Waals surface area contributed by atoms with E-state index in [0.29, 0.717) is 0 Å². The molecule has 0 spiro atoms. The highest BCUT2D eigenvalue weighted by Crippen LogP contribution is 2.25. The number of rotatable bonds is 4. The minimum atomic E-state index is 0.745. The van der Waals surface area contributed by atoms with Crippen molar-refractivity contribution in [3.63, 3.8) is 0 Å². The molecule has 88 valence electrons. The summed E-state index contributed by atoms with van der Waals surface area (Å²) in [6.07, 6.45) is 5.55. The van der Waals surface area contributed by atoms with E-state index in [1.165, 1.54) is 5.56 Å². The van der Waals surface area contributed by atoms with Crippen LogP contribution in [0.25, 0.3) is 0 Å². The smallest absolute Gasteiger partial charge is 0.207 e. The molecule has 0 radical (unpaired) electrons. The first kappa shape index (κ1) is 11.9. The molecule has 3 nitrogen and oxygen atoms in total. The zero-order chi connectivity index (χ0) is 12.3. The molecular weight excluding hydrogens is 278 g/mol. The van der Waals surface area contributed by atoms with Crippen LogP contribution in [-0.4, -0.2) is 9.55 Å². The van der Waals surface area contributed by atoms with Crippen molar-refractivity contribution < 1.29 is 0 Å². The van der Waals surface area contributed by atoms with Gasteiger partial charge in [-0.05, 0) is 24.6 Å². The van der Waals surface area contributed by atoms with Crippen LogP contribution in [0.15, 0.2) is 47.7 Å². The second-order valence-corrected chi connectivity index (χ2v) is 4.58. The molecule has 1 heterocycles. The molecule has 1 aromatic heterocycles. The number of nitrogens with one attached hydrogen (secondary N) is 1. The second kappa shape index (κ2) is 5.19. The maximum Gasteiger partial charge on any atom is 0.207 e. The number of nitrogens with zero attached hydrogens (tertiary/aromatic N) is 2. The fourth-order valence-corrected chi connectivity index (χ4v) is 1.95. The SMILES string of the molecule is C=CCn1ccnc1Nc1cccc(Br)c1C. The van der Waals surface area contributed by atoms with Gasteiger partial charge in [-0.25, -0.2) is 4.98 Å². The monoisotopic (exact) mass is 291 g/mol. The van der Waals surface area contributed by atoms with E-state index in [2.05, 4.69) is 39.7 Å². The van der Waals surface area contributed by atoms with Crippen molar-refractivity contribution in [1.82, 2.24) is 9.55 Å². The van der Waals surface area contributed by atoms with E-state index in [1.807, 2.05) is 35.0 Å². The highest BCUT2D eigenvalue weighted by atomic mass is 79.9. The van der Waals surface area contributed by atoms with Crippen LogP contribution in [0.3, 0.4) is 0 Å². The lowest BCUT2D eigenvalue weighted by molar-refractivity contribution is 0.832. The number of halogens is 1. The molecule has 0 aliphatic heterocycles. The normalized spacial score (nSPS) is 10.2. The average Bonchev–Trinajstić information content (AvgIpc) is 2.73. The molecule has 4 heteroatoms. The van der Waals surface area contributed by atoms with Gasteiger partial charge in [0.15, 0.2) is 0 Å². The molecule has 0 aliphatic carbocycles. The summed E-state index contributed by atoms with van der Waals surface area (Å²) in [5.41, 5.74) is 2.22. The molecule has 0 saturated heterocycles. The van der Waals surface area contributed by atoms with Crippen LogP contribution in [0.4, 0.5) is 11.6 Å². The van der Waals surface area contributed by atoms with Gasteiger partial charge in [0.1, 0.15) is 0 Å². The van der Waals surface area contributed by atoms with Gasteiger partial charge in [0.2, 0.25) is 5.95 Å². The van der Waals surface area contributed by atoms with Crippen molar-refractivity contribution >= 4 is 27.6 Å². The third-order valence-corrected chi connectivity index (χ3v) is 3.41. The summed E-state index contributed by atoms with van der Waals surface area (Å²) in [5.74, 6) is 0.825. The minimum Gasteiger partial charge on any atom is -0.325 e. The second-order valence-electron chi connectivity index (χ2n) is 3.73. The molecule has 0 aliphatic rings. The number of benzene rings is 1. The van der Waals surface area contributed by atoms with Gasteiger partial charge < -0.3 is 9.88 Å². The quantitative estimate of drug-likeness (QED) is 0.867. The predicted octanol–water partition coefficient (Wildman–Crippen LogP) is 3.88. The van der Waals surface area contributed by atoms with E-state index in [-0.39, 0.29) is 0 Å². The van der Waals surface area contributed by atoms with Gasteiger partial charge in [0.05, 0.1) is 0 Å². The van der Waals surface area contributed by atoms with Crippen molar-refractivity contribution in [2.45, 2.75) is 13.5 Å². The van der Waals surface area contributed by atoms with Crippen molar-refractivity contribution in [1.29, 1.82) is 0 Å². The van der Waals surface area contributed by atoms with Gasteiger partial charge in [0.25, 0.3) is 0 Å². The minimum absolute atomic E-state index is 0.745. The first-order valence-electron chi connectivity index (χ1n) is 5.36. The Bertz CT molecular complexity index is 531. The van der Waals surface area contributed by atoms with Gasteiger partial charge in [-0.2, -0.15) is 0 Å². The number of allylic oxidation sites excluding steroid dienone is 1. The fourth-order valence-electron chi connectivity index (χ4n) is 1.58. The first-order valence-corrected chi connectivity index (χ1v) is 6.16. The Morgan fingerprint density at radius 1 is 1.53 bits per heavy atom. The molecule has 0 fully saturated rings. The third-order valence-electron chi connectivity index (χ3n) is 2.56. The molecule has 2 aromatic rings. The van der Waals surface area contributed by atoms with Gasteiger partial charge in [-0.3, -0.25) is 0 Å².